The van der Waals surface area contributed by atoms with Gasteiger partial charge in [0.15, 0.2) is 10.8 Å². The van der Waals surface area contributed by atoms with Crippen LogP contribution in [0.3, 0.4) is 0 Å². The summed E-state index contributed by atoms with van der Waals surface area (Å²) in [6.07, 6.45) is 3.61. The van der Waals surface area contributed by atoms with Crippen molar-refractivity contribution in [3.8, 4) is 10.8 Å². The molecule has 0 unspecified atom stereocenters. The van der Waals surface area contributed by atoms with Crippen molar-refractivity contribution in [3.05, 3.63) is 29.0 Å². The molecule has 1 saturated heterocycles. The Balaban J connectivity index is 0.00000132. The number of rotatable bonds is 3. The van der Waals surface area contributed by atoms with Crippen molar-refractivity contribution in [1.82, 2.24) is 15.2 Å². The number of thiazole rings is 1. The summed E-state index contributed by atoms with van der Waals surface area (Å²) in [5, 5.41) is 4.04. The number of hydrogen-bond donors (Lipinski definition) is 1. The minimum Gasteiger partial charge on any atom is -0.462 e. The summed E-state index contributed by atoms with van der Waals surface area (Å²) >= 11 is 1.50. The summed E-state index contributed by atoms with van der Waals surface area (Å²) in [7, 11) is 1.97. The Labute approximate surface area is 152 Å². The largest absolute Gasteiger partial charge is 0.462 e. The molecular formula is C15H21Cl2N3O2S. The first kappa shape index (κ1) is 20.0. The van der Waals surface area contributed by atoms with Crippen molar-refractivity contribution < 1.29 is 9.21 Å². The van der Waals surface area contributed by atoms with Gasteiger partial charge in [-0.3, -0.25) is 4.79 Å². The van der Waals surface area contributed by atoms with Crippen molar-refractivity contribution in [3.63, 3.8) is 0 Å². The molecule has 3 rings (SSSR count). The summed E-state index contributed by atoms with van der Waals surface area (Å²) in [5.41, 5.74) is 0.564. The molecule has 3 heterocycles. The summed E-state index contributed by atoms with van der Waals surface area (Å²) in [6.45, 7) is 3.52. The number of nitrogens with zero attached hydrogens (tertiary/aromatic N) is 2. The highest BCUT2D eigenvalue weighted by Gasteiger charge is 2.26. The standard InChI is InChI=1S/C15H19N3O2S.2ClH/c1-10-13(17-14(21-10)12-4-3-9-20-12)15(19)18-7-5-11(16-2)6-8-18;;/h3-4,9,11,16H,5-8H2,1-2H3;2*1H. The van der Waals surface area contributed by atoms with Gasteiger partial charge >= 0.3 is 0 Å². The van der Waals surface area contributed by atoms with E-state index < -0.39 is 0 Å². The Bertz CT molecular complexity index is 623. The Morgan fingerprint density at radius 3 is 2.65 bits per heavy atom. The molecule has 1 amide bonds. The van der Waals surface area contributed by atoms with E-state index in [0.29, 0.717) is 11.7 Å². The average Bonchev–Trinajstić information content (AvgIpc) is 3.16. The lowest BCUT2D eigenvalue weighted by Gasteiger charge is -2.31. The van der Waals surface area contributed by atoms with E-state index in [-0.39, 0.29) is 30.7 Å². The molecule has 2 aromatic heterocycles. The molecule has 23 heavy (non-hydrogen) atoms. The maximum absolute atomic E-state index is 12.6. The fraction of sp³-hybridized carbons (Fsp3) is 0.467. The number of hydrogen-bond acceptors (Lipinski definition) is 5. The second kappa shape index (κ2) is 8.68. The van der Waals surface area contributed by atoms with E-state index >= 15 is 0 Å². The van der Waals surface area contributed by atoms with Gasteiger partial charge in [0, 0.05) is 24.0 Å². The van der Waals surface area contributed by atoms with Gasteiger partial charge in [0.05, 0.1) is 6.26 Å². The third kappa shape index (κ3) is 4.26. The number of carbonyl (C=O) groups is 1. The Hall–Kier alpha value is -1.08. The van der Waals surface area contributed by atoms with Crippen LogP contribution in [-0.2, 0) is 0 Å². The average molecular weight is 378 g/mol. The maximum atomic E-state index is 12.6. The zero-order valence-electron chi connectivity index (χ0n) is 13.1. The molecule has 1 N–H and O–H groups in total. The van der Waals surface area contributed by atoms with E-state index in [2.05, 4.69) is 10.3 Å². The number of furan rings is 1. The molecule has 0 saturated carbocycles. The first-order valence-electron chi connectivity index (χ1n) is 7.17. The molecular weight excluding hydrogens is 357 g/mol. The molecule has 8 heteroatoms. The van der Waals surface area contributed by atoms with E-state index in [0.717, 1.165) is 41.6 Å². The molecule has 0 bridgehead atoms. The van der Waals surface area contributed by atoms with Gasteiger partial charge in [-0.25, -0.2) is 4.98 Å². The van der Waals surface area contributed by atoms with Crippen LogP contribution in [0.5, 0.6) is 0 Å². The van der Waals surface area contributed by atoms with Gasteiger partial charge in [0.1, 0.15) is 5.69 Å². The first-order chi connectivity index (χ1) is 10.2. The van der Waals surface area contributed by atoms with Gasteiger partial charge in [-0.2, -0.15) is 0 Å². The van der Waals surface area contributed by atoms with Gasteiger partial charge in [0.25, 0.3) is 5.91 Å². The zero-order chi connectivity index (χ0) is 14.8. The lowest BCUT2D eigenvalue weighted by atomic mass is 10.1. The van der Waals surface area contributed by atoms with Crippen LogP contribution < -0.4 is 5.32 Å². The van der Waals surface area contributed by atoms with E-state index in [1.807, 2.05) is 31.0 Å². The number of carbonyl (C=O) groups excluding carboxylic acids is 1. The number of amides is 1. The summed E-state index contributed by atoms with van der Waals surface area (Å²) in [4.78, 5) is 20.0. The fourth-order valence-corrected chi connectivity index (χ4v) is 3.49. The van der Waals surface area contributed by atoms with Crippen LogP contribution in [0, 0.1) is 6.92 Å². The predicted octanol–water partition coefficient (Wildman–Crippen LogP) is 3.38. The maximum Gasteiger partial charge on any atom is 0.273 e. The van der Waals surface area contributed by atoms with Gasteiger partial charge in [-0.05, 0) is 38.9 Å². The van der Waals surface area contributed by atoms with E-state index in [1.165, 1.54) is 11.3 Å². The molecule has 0 atom stereocenters. The number of piperidine rings is 1. The van der Waals surface area contributed by atoms with Crippen LogP contribution >= 0.6 is 36.2 Å². The number of likely N-dealkylation sites (tertiary alicyclic amines) is 1. The predicted molar refractivity (Wildman–Crippen MR) is 97.0 cm³/mol. The van der Waals surface area contributed by atoms with Crippen molar-refractivity contribution in [2.75, 3.05) is 20.1 Å². The van der Waals surface area contributed by atoms with Crippen LogP contribution in [0.15, 0.2) is 22.8 Å². The van der Waals surface area contributed by atoms with Crippen LogP contribution in [0.25, 0.3) is 10.8 Å². The second-order valence-electron chi connectivity index (χ2n) is 5.26. The lowest BCUT2D eigenvalue weighted by molar-refractivity contribution is 0.0701. The van der Waals surface area contributed by atoms with Gasteiger partial charge in [-0.1, -0.05) is 0 Å². The van der Waals surface area contributed by atoms with Gasteiger partial charge < -0.3 is 14.6 Å². The van der Waals surface area contributed by atoms with Crippen molar-refractivity contribution in [1.29, 1.82) is 0 Å². The molecule has 0 radical (unpaired) electrons. The Morgan fingerprint density at radius 1 is 1.39 bits per heavy atom. The molecule has 128 valence electrons. The van der Waals surface area contributed by atoms with Crippen LogP contribution in [0.4, 0.5) is 0 Å². The monoisotopic (exact) mass is 377 g/mol. The van der Waals surface area contributed by atoms with Crippen LogP contribution in [0.1, 0.15) is 28.2 Å². The normalized spacial score (nSPS) is 15.0. The SMILES string of the molecule is CNC1CCN(C(=O)c2nc(-c3ccco3)sc2C)CC1.Cl.Cl. The summed E-state index contributed by atoms with van der Waals surface area (Å²) < 4.78 is 5.36. The summed E-state index contributed by atoms with van der Waals surface area (Å²) in [5.74, 6) is 0.757. The van der Waals surface area contributed by atoms with E-state index in [4.69, 9.17) is 4.42 Å². The molecule has 2 aromatic rings. The van der Waals surface area contributed by atoms with E-state index in [9.17, 15) is 4.79 Å². The van der Waals surface area contributed by atoms with Crippen LogP contribution in [-0.4, -0.2) is 42.0 Å². The van der Waals surface area contributed by atoms with Crippen molar-refractivity contribution >= 4 is 42.1 Å². The molecule has 1 fully saturated rings. The highest BCUT2D eigenvalue weighted by atomic mass is 35.5. The third-order valence-corrected chi connectivity index (χ3v) is 4.91. The molecule has 0 aromatic carbocycles. The number of nitrogens with one attached hydrogen (secondary N) is 1. The second-order valence-corrected chi connectivity index (χ2v) is 6.46. The first-order valence-corrected chi connectivity index (χ1v) is 7.98. The molecule has 5 nitrogen and oxygen atoms in total. The molecule has 1 aliphatic rings. The summed E-state index contributed by atoms with van der Waals surface area (Å²) in [6, 6.07) is 4.21. The molecule has 0 spiro atoms. The Morgan fingerprint density at radius 2 is 2.09 bits per heavy atom. The Kier molecular flexibility index (Phi) is 7.54. The lowest BCUT2D eigenvalue weighted by Crippen LogP contribution is -2.44. The number of halogens is 2. The minimum atomic E-state index is 0. The van der Waals surface area contributed by atoms with Crippen LogP contribution in [0.2, 0.25) is 0 Å². The minimum absolute atomic E-state index is 0. The number of aryl methyl sites for hydroxylation is 1. The van der Waals surface area contributed by atoms with Crippen molar-refractivity contribution in [2.45, 2.75) is 25.8 Å². The fourth-order valence-electron chi connectivity index (χ4n) is 2.62. The highest BCUT2D eigenvalue weighted by molar-refractivity contribution is 7.15. The van der Waals surface area contributed by atoms with Gasteiger partial charge in [0.2, 0.25) is 0 Å². The topological polar surface area (TPSA) is 58.4 Å². The zero-order valence-corrected chi connectivity index (χ0v) is 15.5. The molecule has 0 aliphatic carbocycles. The molecule has 1 aliphatic heterocycles. The van der Waals surface area contributed by atoms with E-state index in [1.54, 1.807) is 6.26 Å². The van der Waals surface area contributed by atoms with Crippen molar-refractivity contribution in [2.24, 2.45) is 0 Å². The third-order valence-electron chi connectivity index (χ3n) is 3.92. The quantitative estimate of drug-likeness (QED) is 0.890. The highest BCUT2D eigenvalue weighted by Crippen LogP contribution is 2.29. The number of aromatic nitrogens is 1. The van der Waals surface area contributed by atoms with Gasteiger partial charge in [-0.15, -0.1) is 36.2 Å². The smallest absolute Gasteiger partial charge is 0.273 e.